The molecule has 1 amide bonds. The van der Waals surface area contributed by atoms with E-state index in [9.17, 15) is 4.79 Å². The standard InChI is InChI=1S/C3H7NO.Rf/c1-3(5)4-2;/h1-2H3,(H,4,5);/q;+1/p-1. The van der Waals surface area contributed by atoms with Gasteiger partial charge in [0.05, 0.1) is 0 Å². The van der Waals surface area contributed by atoms with Gasteiger partial charge >= 0.3 is 30.0 Å². The molecule has 0 aromatic rings. The van der Waals surface area contributed by atoms with Crippen LogP contribution in [0.3, 0.4) is 0 Å². The molecule has 0 N–H and O–H groups in total. The zero-order valence-corrected chi connectivity index (χ0v) is 10.5. The summed E-state index contributed by atoms with van der Waals surface area (Å²) in [5.41, 5.74) is 0. The fourth-order valence-electron chi connectivity index (χ4n) is 0. The van der Waals surface area contributed by atoms with Crippen LogP contribution in [0.2, 0.25) is 0 Å². The van der Waals surface area contributed by atoms with Gasteiger partial charge in [0.25, 0.3) is 0 Å². The summed E-state index contributed by atoms with van der Waals surface area (Å²) in [5.74, 6) is 0.186. The molecule has 0 aromatic heterocycles. The predicted molar refractivity (Wildman–Crippen MR) is 18.4 cm³/mol. The second-order valence-electron chi connectivity index (χ2n) is 1.22. The Morgan fingerprint density at radius 2 is 2.00 bits per heavy atom. The van der Waals surface area contributed by atoms with Gasteiger partial charge in [-0.2, -0.15) is 0 Å². The third-order valence-electron chi connectivity index (χ3n) is 0.538. The molecular formula is C3H6NORf. The predicted octanol–water partition coefficient (Wildman–Crippen LogP) is -0.0710. The van der Waals surface area contributed by atoms with E-state index in [1.54, 1.807) is 12.2 Å². The van der Waals surface area contributed by atoms with E-state index in [2.05, 4.69) is 0 Å². The summed E-state index contributed by atoms with van der Waals surface area (Å²) in [5, 5.41) is 1.74. The van der Waals surface area contributed by atoms with Crippen molar-refractivity contribution in [3.8, 4) is 0 Å². The molecule has 0 heterocycles. The van der Waals surface area contributed by atoms with Gasteiger partial charge in [-0.1, -0.05) is 0 Å². The van der Waals surface area contributed by atoms with Crippen LogP contribution in [0.25, 0.3) is 0 Å². The quantitative estimate of drug-likeness (QED) is 0.605. The van der Waals surface area contributed by atoms with Gasteiger partial charge in [-0.05, 0) is 0 Å². The maximum absolute atomic E-state index is 10.1. The van der Waals surface area contributed by atoms with Crippen LogP contribution in [-0.2, 0) is 4.79 Å². The number of hydrogen-bond donors (Lipinski definition) is 0. The van der Waals surface area contributed by atoms with Crippen molar-refractivity contribution in [2.75, 3.05) is 7.05 Å². The van der Waals surface area contributed by atoms with Gasteiger partial charge in [0.15, 0.2) is 0 Å². The van der Waals surface area contributed by atoms with Gasteiger partial charge in [0.2, 0.25) is 0 Å². The second kappa shape index (κ2) is 1.06. The third-order valence-corrected chi connectivity index (χ3v) is 2.55. The van der Waals surface area contributed by atoms with Crippen LogP contribution >= 0.6 is 0 Å². The summed E-state index contributed by atoms with van der Waals surface area (Å²) in [4.78, 5) is 10.1. The van der Waals surface area contributed by atoms with E-state index in [4.69, 9.17) is 0 Å². The number of carbonyl (C=O) groups excluding carboxylic acids is 1. The molecule has 0 radical (unpaired) electrons. The van der Waals surface area contributed by atoms with Gasteiger partial charge in [-0.25, -0.2) is 0 Å². The summed E-state index contributed by atoms with van der Waals surface area (Å²) in [6, 6.07) is 0. The molecule has 6 heavy (non-hydrogen) atoms. The Kier molecular flexibility index (Phi) is 0.789. The first-order valence-electron chi connectivity index (χ1n) is 1.69. The summed E-state index contributed by atoms with van der Waals surface area (Å²) in [7, 11) is 1.82. The van der Waals surface area contributed by atoms with Crippen molar-refractivity contribution >= 4 is 5.91 Å². The molecule has 0 bridgehead atoms. The first kappa shape index (κ1) is 4.47. The molecule has 3 heteroatoms. The minimum absolute atomic E-state index is 0.186. The molecular weight excluding hydrogens is 333 g/mol. The number of carbonyl (C=O) groups is 1. The van der Waals surface area contributed by atoms with Crippen molar-refractivity contribution < 1.29 is 4.79 Å². The molecule has 0 aliphatic rings. The fourth-order valence-corrected chi connectivity index (χ4v) is 0. The third kappa shape index (κ3) is 0.875. The van der Waals surface area contributed by atoms with Crippen LogP contribution in [0.15, 0.2) is 0 Å². The van der Waals surface area contributed by atoms with Crippen LogP contribution in [0.4, 0.5) is 0 Å². The topological polar surface area (TPSA) is 20.3 Å². The Hall–Kier alpha value is -1.53. The molecule has 0 unspecified atom stereocenters. The summed E-state index contributed by atoms with van der Waals surface area (Å²) < 4.78 is 0.388. The van der Waals surface area contributed by atoms with Crippen molar-refractivity contribution in [2.45, 2.75) is 6.92 Å². The van der Waals surface area contributed by atoms with Gasteiger partial charge in [0, 0.05) is 0 Å². The molecule has 0 aliphatic carbocycles. The van der Waals surface area contributed by atoms with Crippen molar-refractivity contribution in [3.63, 3.8) is 0 Å². The molecule has 0 atom stereocenters. The fraction of sp³-hybridized carbons (Fsp3) is 0.667. The molecule has 0 saturated heterocycles. The number of nitrogens with zero attached hydrogens (tertiary/aromatic N) is 1. The van der Waals surface area contributed by atoms with Crippen LogP contribution in [-0.4, -0.2) is 18.3 Å². The zero-order chi connectivity index (χ0) is 5.15. The number of hydrogen-bond acceptors (Lipinski definition) is 1. The molecule has 2 nitrogen and oxygen atoms in total. The van der Waals surface area contributed by atoms with E-state index in [0.29, 0.717) is 0 Å². The Bertz CT molecular complexity index is 61.8. The Labute approximate surface area is 31.2 Å². The van der Waals surface area contributed by atoms with Crippen molar-refractivity contribution in [1.82, 2.24) is 5.32 Å². The van der Waals surface area contributed by atoms with E-state index >= 15 is 0 Å². The second-order valence-corrected chi connectivity index (χ2v) is 5.51. The molecule has 0 rings (SSSR count). The van der Waals surface area contributed by atoms with Gasteiger partial charge < -0.3 is 0 Å². The zero-order valence-electron chi connectivity index (χ0n) is 4.06. The SMILES string of the molecule is CC(=O)[N](C)[Rf]. The molecule has 0 fully saturated rings. The minimum atomic E-state index is 0.186. The number of rotatable bonds is 0. The number of amides is 1. The molecule has 0 aromatic carbocycles. The van der Waals surface area contributed by atoms with E-state index in [0.717, 1.165) is 0 Å². The van der Waals surface area contributed by atoms with Crippen molar-refractivity contribution in [1.29, 1.82) is 0 Å². The average Bonchev–Trinajstić information content (AvgIpc) is 1.36. The average molecular weight is 339 g/mol. The van der Waals surface area contributed by atoms with Crippen LogP contribution < -0.4 is 0 Å². The summed E-state index contributed by atoms with van der Waals surface area (Å²) in [6.45, 7) is 1.58. The van der Waals surface area contributed by atoms with Gasteiger partial charge in [-0.3, -0.25) is 0 Å². The monoisotopic (exact) mass is 339 g/mol. The Morgan fingerprint density at radius 1 is 1.83 bits per heavy atom. The normalized spacial score (nSPS) is 8.00. The first-order chi connectivity index (χ1) is 2.64. The van der Waals surface area contributed by atoms with E-state index < -0.39 is 0 Å². The van der Waals surface area contributed by atoms with E-state index in [1.165, 1.54) is 0 Å². The van der Waals surface area contributed by atoms with Crippen LogP contribution in [0, 0.1) is 0 Å². The Balaban J connectivity index is 3.26. The Morgan fingerprint density at radius 3 is 2.00 bits per heavy atom. The van der Waals surface area contributed by atoms with Gasteiger partial charge in [0.1, 0.15) is 0 Å². The van der Waals surface area contributed by atoms with Crippen molar-refractivity contribution in [2.24, 2.45) is 0 Å². The molecule has 0 aliphatic heterocycles. The molecule has 31 valence electrons. The molecule has 0 saturated carbocycles. The van der Waals surface area contributed by atoms with Crippen LogP contribution in [0.1, 0.15) is 6.92 Å². The summed E-state index contributed by atoms with van der Waals surface area (Å²) >= 11 is 0. The summed E-state index contributed by atoms with van der Waals surface area (Å²) in [6.07, 6.45) is 0. The van der Waals surface area contributed by atoms with Crippen LogP contribution in [0.5, 0.6) is 0 Å². The molecule has 0 spiro atoms. The van der Waals surface area contributed by atoms with E-state index in [1.807, 2.05) is 7.05 Å². The maximum atomic E-state index is 10.1. The van der Waals surface area contributed by atoms with Crippen molar-refractivity contribution in [3.05, 3.63) is 0 Å². The first-order valence-corrected chi connectivity index (χ1v) is 4.55. The van der Waals surface area contributed by atoms with E-state index in [-0.39, 0.29) is 5.91 Å². The van der Waals surface area contributed by atoms with Gasteiger partial charge in [-0.15, -0.1) is 0 Å².